The maximum Gasteiger partial charge on any atom is 0.291 e. The van der Waals surface area contributed by atoms with Crippen molar-refractivity contribution in [3.8, 4) is 0 Å². The Labute approximate surface area is 197 Å². The van der Waals surface area contributed by atoms with Gasteiger partial charge in [0.1, 0.15) is 11.4 Å². The Balaban J connectivity index is 1.69. The zero-order valence-corrected chi connectivity index (χ0v) is 19.7. The molecule has 4 nitrogen and oxygen atoms in total. The first-order valence-corrected chi connectivity index (χ1v) is 11.4. The molecule has 0 saturated heterocycles. The van der Waals surface area contributed by atoms with Crippen LogP contribution in [0.3, 0.4) is 0 Å². The number of rotatable bonds is 3. The summed E-state index contributed by atoms with van der Waals surface area (Å²) in [7, 11) is 0. The van der Waals surface area contributed by atoms with Crippen molar-refractivity contribution in [1.29, 1.82) is 0 Å². The zero-order chi connectivity index (χ0) is 24.2. The highest BCUT2D eigenvalue weighted by atomic mass is 19.1. The molecule has 1 aromatic heterocycles. The fraction of sp³-hybridized carbons (Fsp3) is 0.241. The molecule has 0 radical (unpaired) electrons. The van der Waals surface area contributed by atoms with Crippen LogP contribution in [-0.4, -0.2) is 10.8 Å². The van der Waals surface area contributed by atoms with E-state index in [0.29, 0.717) is 16.5 Å². The van der Waals surface area contributed by atoms with Gasteiger partial charge in [-0.25, -0.2) is 4.39 Å². The molecule has 0 spiro atoms. The predicted molar refractivity (Wildman–Crippen MR) is 130 cm³/mol. The van der Waals surface area contributed by atoms with Crippen LogP contribution < -0.4 is 5.43 Å². The number of amides is 1. The molecule has 0 N–H and O–H groups in total. The Morgan fingerprint density at radius 3 is 2.26 bits per heavy atom. The van der Waals surface area contributed by atoms with Gasteiger partial charge in [-0.3, -0.25) is 9.59 Å². The molecular formula is C29H26FNO3. The molecule has 5 rings (SSSR count). The summed E-state index contributed by atoms with van der Waals surface area (Å²) in [5.74, 6) is -0.607. The van der Waals surface area contributed by atoms with E-state index >= 15 is 0 Å². The largest absolute Gasteiger partial charge is 0.450 e. The van der Waals surface area contributed by atoms with Gasteiger partial charge in [0.15, 0.2) is 5.43 Å². The first-order valence-electron chi connectivity index (χ1n) is 11.4. The van der Waals surface area contributed by atoms with Crippen molar-refractivity contribution in [1.82, 2.24) is 4.90 Å². The molecule has 2 heterocycles. The van der Waals surface area contributed by atoms with Gasteiger partial charge in [0.05, 0.1) is 17.0 Å². The molecule has 1 atom stereocenters. The standard InChI is InChI=1S/C29H26FNO3/c1-17-5-14-23-22(15-17)26(32)24-25(19-8-10-20(11-9-19)29(2,3)4)31(28(33)27(24)34-23)16-18-6-12-21(30)13-7-18/h5-15,25H,16H2,1-4H3. The molecule has 0 aliphatic carbocycles. The Morgan fingerprint density at radius 2 is 1.62 bits per heavy atom. The monoisotopic (exact) mass is 455 g/mol. The van der Waals surface area contributed by atoms with Crippen LogP contribution in [0.1, 0.15) is 65.2 Å². The van der Waals surface area contributed by atoms with Crippen molar-refractivity contribution >= 4 is 16.9 Å². The average molecular weight is 456 g/mol. The van der Waals surface area contributed by atoms with Crippen molar-refractivity contribution in [2.24, 2.45) is 0 Å². The highest BCUT2D eigenvalue weighted by molar-refractivity contribution is 5.99. The van der Waals surface area contributed by atoms with Crippen molar-refractivity contribution in [2.75, 3.05) is 0 Å². The number of hydrogen-bond donors (Lipinski definition) is 0. The van der Waals surface area contributed by atoms with Crippen molar-refractivity contribution in [3.63, 3.8) is 0 Å². The minimum absolute atomic E-state index is 0.0253. The van der Waals surface area contributed by atoms with Crippen LogP contribution in [0, 0.1) is 12.7 Å². The Hall–Kier alpha value is -3.73. The number of halogens is 1. The predicted octanol–water partition coefficient (Wildman–Crippen LogP) is 6.28. The topological polar surface area (TPSA) is 50.5 Å². The molecule has 0 saturated carbocycles. The first-order chi connectivity index (χ1) is 16.1. The van der Waals surface area contributed by atoms with Crippen molar-refractivity contribution in [3.05, 3.63) is 116 Å². The third-order valence-corrected chi connectivity index (χ3v) is 6.48. The summed E-state index contributed by atoms with van der Waals surface area (Å²) in [5, 5.41) is 0.464. The molecule has 0 fully saturated rings. The third kappa shape index (κ3) is 3.71. The van der Waals surface area contributed by atoms with E-state index in [1.54, 1.807) is 29.2 Å². The average Bonchev–Trinajstić information content (AvgIpc) is 3.07. The van der Waals surface area contributed by atoms with Crippen LogP contribution in [0.15, 0.2) is 75.9 Å². The minimum atomic E-state index is -0.595. The number of hydrogen-bond acceptors (Lipinski definition) is 3. The lowest BCUT2D eigenvalue weighted by atomic mass is 9.86. The van der Waals surface area contributed by atoms with E-state index in [9.17, 15) is 14.0 Å². The van der Waals surface area contributed by atoms with Crippen molar-refractivity contribution in [2.45, 2.75) is 45.7 Å². The van der Waals surface area contributed by atoms with Gasteiger partial charge in [-0.1, -0.05) is 68.8 Å². The van der Waals surface area contributed by atoms with Gasteiger partial charge < -0.3 is 9.32 Å². The van der Waals surface area contributed by atoms with Crippen LogP contribution >= 0.6 is 0 Å². The number of aryl methyl sites for hydroxylation is 1. The SMILES string of the molecule is Cc1ccc2oc3c(c(=O)c2c1)C(c1ccc(C(C)(C)C)cc1)N(Cc1ccc(F)cc1)C3=O. The number of benzene rings is 3. The normalized spacial score (nSPS) is 15.7. The fourth-order valence-corrected chi connectivity index (χ4v) is 4.60. The van der Waals surface area contributed by atoms with Gasteiger partial charge in [0, 0.05) is 6.54 Å². The highest BCUT2D eigenvalue weighted by Gasteiger charge is 2.42. The molecule has 5 heteroatoms. The summed E-state index contributed by atoms with van der Waals surface area (Å²) in [4.78, 5) is 28.9. The summed E-state index contributed by atoms with van der Waals surface area (Å²) in [5.41, 5.74) is 4.24. The molecule has 172 valence electrons. The zero-order valence-electron chi connectivity index (χ0n) is 19.7. The van der Waals surface area contributed by atoms with E-state index in [1.807, 2.05) is 37.3 Å². The van der Waals surface area contributed by atoms with Crippen LogP contribution in [0.2, 0.25) is 0 Å². The lowest BCUT2D eigenvalue weighted by Gasteiger charge is -2.26. The molecule has 4 aromatic rings. The van der Waals surface area contributed by atoms with Crippen LogP contribution in [0.25, 0.3) is 11.0 Å². The van der Waals surface area contributed by atoms with E-state index in [0.717, 1.165) is 22.3 Å². The lowest BCUT2D eigenvalue weighted by Crippen LogP contribution is -2.29. The smallest absolute Gasteiger partial charge is 0.291 e. The van der Waals surface area contributed by atoms with Crippen LogP contribution in [0.4, 0.5) is 4.39 Å². The number of fused-ring (bicyclic) bond motifs is 2. The second kappa shape index (κ2) is 7.94. The number of carbonyl (C=O) groups excluding carboxylic acids is 1. The maximum absolute atomic E-state index is 13.7. The van der Waals surface area contributed by atoms with Crippen molar-refractivity contribution < 1.29 is 13.6 Å². The maximum atomic E-state index is 13.7. The molecule has 1 aliphatic rings. The molecule has 1 unspecified atom stereocenters. The third-order valence-electron chi connectivity index (χ3n) is 6.48. The second-order valence-electron chi connectivity index (χ2n) is 10.0. The Bertz CT molecular complexity index is 1460. The fourth-order valence-electron chi connectivity index (χ4n) is 4.60. The van der Waals surface area contributed by atoms with E-state index in [-0.39, 0.29) is 34.9 Å². The van der Waals surface area contributed by atoms with Gasteiger partial charge in [-0.2, -0.15) is 0 Å². The van der Waals surface area contributed by atoms with Crippen LogP contribution in [-0.2, 0) is 12.0 Å². The van der Waals surface area contributed by atoms with E-state index in [4.69, 9.17) is 4.42 Å². The van der Waals surface area contributed by atoms with E-state index in [2.05, 4.69) is 20.8 Å². The molecule has 34 heavy (non-hydrogen) atoms. The van der Waals surface area contributed by atoms with Gasteiger partial charge in [0.25, 0.3) is 5.91 Å². The van der Waals surface area contributed by atoms with E-state index in [1.165, 1.54) is 12.1 Å². The van der Waals surface area contributed by atoms with Gasteiger partial charge in [0.2, 0.25) is 5.76 Å². The molecular weight excluding hydrogens is 429 g/mol. The summed E-state index contributed by atoms with van der Waals surface area (Å²) in [6, 6.07) is 18.9. The number of nitrogens with zero attached hydrogens (tertiary/aromatic N) is 1. The second-order valence-corrected chi connectivity index (χ2v) is 10.0. The summed E-state index contributed by atoms with van der Waals surface area (Å²) in [6.07, 6.45) is 0. The summed E-state index contributed by atoms with van der Waals surface area (Å²) in [6.45, 7) is 8.56. The molecule has 3 aromatic carbocycles. The summed E-state index contributed by atoms with van der Waals surface area (Å²) >= 11 is 0. The Morgan fingerprint density at radius 1 is 0.941 bits per heavy atom. The van der Waals surface area contributed by atoms with Gasteiger partial charge in [-0.05, 0) is 53.3 Å². The highest BCUT2D eigenvalue weighted by Crippen LogP contribution is 2.39. The van der Waals surface area contributed by atoms with Gasteiger partial charge in [-0.15, -0.1) is 0 Å². The summed E-state index contributed by atoms with van der Waals surface area (Å²) < 4.78 is 19.5. The Kier molecular flexibility index (Phi) is 5.16. The molecule has 0 bridgehead atoms. The minimum Gasteiger partial charge on any atom is -0.450 e. The first kappa shape index (κ1) is 22.1. The van der Waals surface area contributed by atoms with Crippen LogP contribution in [0.5, 0.6) is 0 Å². The lowest BCUT2D eigenvalue weighted by molar-refractivity contribution is 0.0714. The quantitative estimate of drug-likeness (QED) is 0.365. The molecule has 1 amide bonds. The van der Waals surface area contributed by atoms with E-state index < -0.39 is 6.04 Å². The molecule has 1 aliphatic heterocycles. The number of carbonyl (C=O) groups is 1. The van der Waals surface area contributed by atoms with Gasteiger partial charge >= 0.3 is 0 Å².